The molecule has 0 saturated carbocycles. The van der Waals surface area contributed by atoms with E-state index in [9.17, 15) is 24.3 Å². The van der Waals surface area contributed by atoms with Crippen LogP contribution in [-0.4, -0.2) is 54.0 Å². The molecule has 1 aromatic rings. The minimum absolute atomic E-state index is 0.0274. The van der Waals surface area contributed by atoms with Crippen LogP contribution in [0.5, 0.6) is 11.5 Å². The maximum Gasteiger partial charge on any atom is 0.508 e. The molecule has 5 atom stereocenters. The molecule has 40 heavy (non-hydrogen) atoms. The highest BCUT2D eigenvalue weighted by Crippen LogP contribution is 2.31. The highest BCUT2D eigenvalue weighted by atomic mass is 16.7. The molecule has 4 unspecified atom stereocenters. The Hall–Kier alpha value is -3.14. The van der Waals surface area contributed by atoms with Crippen molar-refractivity contribution in [2.75, 3.05) is 6.54 Å². The maximum absolute atomic E-state index is 12.7. The number of carboxylic acid groups (broad SMARTS) is 1. The van der Waals surface area contributed by atoms with Crippen molar-refractivity contribution in [1.29, 1.82) is 0 Å². The van der Waals surface area contributed by atoms with Crippen LogP contribution in [0.15, 0.2) is 18.2 Å². The summed E-state index contributed by atoms with van der Waals surface area (Å²) in [7, 11) is 0. The van der Waals surface area contributed by atoms with Gasteiger partial charge in [0.15, 0.2) is 11.5 Å². The highest BCUT2D eigenvalue weighted by molar-refractivity contribution is 5.79. The van der Waals surface area contributed by atoms with Gasteiger partial charge in [0.05, 0.1) is 11.8 Å². The van der Waals surface area contributed by atoms with Crippen molar-refractivity contribution >= 4 is 24.1 Å². The van der Waals surface area contributed by atoms with Crippen LogP contribution in [0.1, 0.15) is 80.7 Å². The lowest BCUT2D eigenvalue weighted by molar-refractivity contribution is -0.142. The summed E-state index contributed by atoms with van der Waals surface area (Å²) < 4.78 is 21.6. The predicted molar refractivity (Wildman–Crippen MR) is 150 cm³/mol. The van der Waals surface area contributed by atoms with Gasteiger partial charge in [-0.1, -0.05) is 61.0 Å². The van der Waals surface area contributed by atoms with Gasteiger partial charge in [-0.15, -0.1) is 0 Å². The smallest absolute Gasteiger partial charge is 0.480 e. The van der Waals surface area contributed by atoms with Crippen molar-refractivity contribution in [3.63, 3.8) is 0 Å². The Morgan fingerprint density at radius 1 is 0.800 bits per heavy atom. The average molecular weight is 566 g/mol. The number of carbonyl (C=O) groups is 4. The van der Waals surface area contributed by atoms with Gasteiger partial charge in [-0.3, -0.25) is 14.4 Å². The summed E-state index contributed by atoms with van der Waals surface area (Å²) in [6.07, 6.45) is -0.105. The topological polar surface area (TPSA) is 137 Å². The molecule has 1 aromatic carbocycles. The fourth-order valence-electron chi connectivity index (χ4n) is 3.44. The van der Waals surface area contributed by atoms with Gasteiger partial charge >= 0.3 is 24.1 Å². The number of aliphatic carboxylic acids is 1. The van der Waals surface area contributed by atoms with Crippen molar-refractivity contribution in [2.24, 2.45) is 23.7 Å². The summed E-state index contributed by atoms with van der Waals surface area (Å²) >= 11 is 0. The SMILES string of the molecule is CCCC(C)OC(=O)OC(C)CN[C@@H](Cc1ccc(OC(=O)C(C)C(C)C)c(OC(=O)C(C)C(C)C)c1)C(=O)O. The molecule has 0 aromatic heterocycles. The van der Waals surface area contributed by atoms with Crippen LogP contribution >= 0.6 is 0 Å². The lowest BCUT2D eigenvalue weighted by Crippen LogP contribution is -2.42. The van der Waals surface area contributed by atoms with Crippen LogP contribution in [0, 0.1) is 23.7 Å². The second-order valence-electron chi connectivity index (χ2n) is 11.1. The van der Waals surface area contributed by atoms with Gasteiger partial charge in [-0.2, -0.15) is 0 Å². The summed E-state index contributed by atoms with van der Waals surface area (Å²) in [5.41, 5.74) is 0.540. The summed E-state index contributed by atoms with van der Waals surface area (Å²) in [5.74, 6) is -2.64. The second-order valence-corrected chi connectivity index (χ2v) is 11.1. The highest BCUT2D eigenvalue weighted by Gasteiger charge is 2.26. The van der Waals surface area contributed by atoms with Gasteiger partial charge in [0.25, 0.3) is 0 Å². The Morgan fingerprint density at radius 3 is 1.82 bits per heavy atom. The first kappa shape index (κ1) is 34.9. The Bertz CT molecular complexity index is 991. The Morgan fingerprint density at radius 2 is 1.32 bits per heavy atom. The molecule has 0 aliphatic heterocycles. The van der Waals surface area contributed by atoms with Crippen molar-refractivity contribution in [3.05, 3.63) is 23.8 Å². The first-order valence-electron chi connectivity index (χ1n) is 14.1. The molecule has 0 radical (unpaired) electrons. The third kappa shape index (κ3) is 11.9. The first-order valence-corrected chi connectivity index (χ1v) is 14.1. The third-order valence-corrected chi connectivity index (χ3v) is 6.85. The zero-order valence-electron chi connectivity index (χ0n) is 25.3. The summed E-state index contributed by atoms with van der Waals surface area (Å²) in [6.45, 7) is 16.6. The minimum atomic E-state index is -1.11. The van der Waals surface area contributed by atoms with Gasteiger partial charge in [-0.05, 0) is 56.2 Å². The van der Waals surface area contributed by atoms with Crippen LogP contribution in [0.25, 0.3) is 0 Å². The Labute approximate surface area is 238 Å². The predicted octanol–water partition coefficient (Wildman–Crippen LogP) is 5.40. The minimum Gasteiger partial charge on any atom is -0.480 e. The van der Waals surface area contributed by atoms with E-state index in [1.54, 1.807) is 33.8 Å². The van der Waals surface area contributed by atoms with Gasteiger partial charge in [0, 0.05) is 6.54 Å². The molecular weight excluding hydrogens is 518 g/mol. The van der Waals surface area contributed by atoms with E-state index in [1.807, 2.05) is 34.6 Å². The van der Waals surface area contributed by atoms with Crippen LogP contribution in [0.2, 0.25) is 0 Å². The fourth-order valence-corrected chi connectivity index (χ4v) is 3.44. The van der Waals surface area contributed by atoms with Crippen LogP contribution in [-0.2, 0) is 30.3 Å². The normalized spacial score (nSPS) is 15.1. The first-order chi connectivity index (χ1) is 18.7. The molecule has 1 rings (SSSR count). The number of carboxylic acids is 1. The standard InChI is InChI=1S/C30H47NO9/c1-10-11-19(6)37-30(36)38-20(7)16-31-24(27(32)33)14-23-12-13-25(39-28(34)21(8)17(2)3)26(15-23)40-29(35)22(9)18(4)5/h12-13,15,17-22,24,31H,10-11,14,16H2,1-9H3,(H,32,33)/t19?,20?,21?,22?,24-/m0/s1. The molecule has 0 bridgehead atoms. The summed E-state index contributed by atoms with van der Waals surface area (Å²) in [5, 5.41) is 12.7. The molecule has 0 fully saturated rings. The van der Waals surface area contributed by atoms with Crippen molar-refractivity contribution in [2.45, 2.75) is 99.8 Å². The number of rotatable bonds is 16. The Balaban J connectivity index is 3.04. The van der Waals surface area contributed by atoms with E-state index in [-0.39, 0.29) is 48.3 Å². The molecule has 0 spiro atoms. The maximum atomic E-state index is 12.7. The number of carbonyl (C=O) groups excluding carboxylic acids is 3. The largest absolute Gasteiger partial charge is 0.508 e. The quantitative estimate of drug-likeness (QED) is 0.198. The van der Waals surface area contributed by atoms with Gasteiger partial charge in [-0.25, -0.2) is 4.79 Å². The van der Waals surface area contributed by atoms with E-state index in [0.29, 0.717) is 12.0 Å². The van der Waals surface area contributed by atoms with E-state index in [1.165, 1.54) is 12.1 Å². The van der Waals surface area contributed by atoms with E-state index < -0.39 is 42.1 Å². The van der Waals surface area contributed by atoms with E-state index >= 15 is 0 Å². The van der Waals surface area contributed by atoms with Crippen molar-refractivity contribution in [1.82, 2.24) is 5.32 Å². The lowest BCUT2D eigenvalue weighted by Gasteiger charge is -2.21. The monoisotopic (exact) mass is 565 g/mol. The number of nitrogens with one attached hydrogen (secondary N) is 1. The van der Waals surface area contributed by atoms with Crippen molar-refractivity contribution < 1.29 is 43.2 Å². The van der Waals surface area contributed by atoms with Gasteiger partial charge in [0.2, 0.25) is 0 Å². The molecule has 2 N–H and O–H groups in total. The number of benzene rings is 1. The summed E-state index contributed by atoms with van der Waals surface area (Å²) in [4.78, 5) is 49.3. The number of hydrogen-bond donors (Lipinski definition) is 2. The van der Waals surface area contributed by atoms with Crippen LogP contribution in [0.3, 0.4) is 0 Å². The molecule has 10 nitrogen and oxygen atoms in total. The van der Waals surface area contributed by atoms with Gasteiger partial charge < -0.3 is 29.4 Å². The molecule has 0 heterocycles. The number of hydrogen-bond acceptors (Lipinski definition) is 9. The molecule has 226 valence electrons. The fraction of sp³-hybridized carbons (Fsp3) is 0.667. The third-order valence-electron chi connectivity index (χ3n) is 6.85. The second kappa shape index (κ2) is 16.8. The number of ether oxygens (including phenoxy) is 4. The molecule has 10 heteroatoms. The zero-order chi connectivity index (χ0) is 30.6. The molecule has 0 aliphatic carbocycles. The van der Waals surface area contributed by atoms with E-state index in [0.717, 1.165) is 6.42 Å². The van der Waals surface area contributed by atoms with Crippen molar-refractivity contribution in [3.8, 4) is 11.5 Å². The molecular formula is C30H47NO9. The van der Waals surface area contributed by atoms with Crippen LogP contribution in [0.4, 0.5) is 4.79 Å². The zero-order valence-corrected chi connectivity index (χ0v) is 25.3. The van der Waals surface area contributed by atoms with E-state index in [4.69, 9.17) is 18.9 Å². The van der Waals surface area contributed by atoms with E-state index in [2.05, 4.69) is 5.32 Å². The Kier molecular flexibility index (Phi) is 14.7. The average Bonchev–Trinajstić information content (AvgIpc) is 2.86. The van der Waals surface area contributed by atoms with Gasteiger partial charge in [0.1, 0.15) is 18.2 Å². The lowest BCUT2D eigenvalue weighted by atomic mass is 9.98. The molecule has 0 aliphatic rings. The molecule has 0 amide bonds. The number of esters is 2. The molecule has 0 saturated heterocycles. The summed E-state index contributed by atoms with van der Waals surface area (Å²) in [6, 6.07) is 3.60. The van der Waals surface area contributed by atoms with Crippen LogP contribution < -0.4 is 14.8 Å².